The van der Waals surface area contributed by atoms with E-state index in [0.29, 0.717) is 26.6 Å². The van der Waals surface area contributed by atoms with Crippen LogP contribution in [-0.4, -0.2) is 59.8 Å². The van der Waals surface area contributed by atoms with Crippen molar-refractivity contribution in [1.82, 2.24) is 9.80 Å². The van der Waals surface area contributed by atoms with E-state index in [4.69, 9.17) is 4.74 Å². The molecule has 0 heterocycles. The first-order valence-corrected chi connectivity index (χ1v) is 8.64. The first-order valence-electron chi connectivity index (χ1n) is 8.64. The Labute approximate surface area is 150 Å². The van der Waals surface area contributed by atoms with E-state index in [0.717, 1.165) is 13.1 Å². The number of hydrogen-bond donors (Lipinski definition) is 2. The maximum absolute atomic E-state index is 9.26. The summed E-state index contributed by atoms with van der Waals surface area (Å²) in [6.45, 7) is 3.67. The zero-order chi connectivity index (χ0) is 17.7. The highest BCUT2D eigenvalue weighted by Crippen LogP contribution is 2.06. The second-order valence-corrected chi connectivity index (χ2v) is 5.99. The molecule has 0 saturated carbocycles. The Bertz CT molecular complexity index is 514. The number of benzene rings is 2. The maximum atomic E-state index is 9.26. The summed E-state index contributed by atoms with van der Waals surface area (Å²) in [5.41, 5.74) is 2.38. The summed E-state index contributed by atoms with van der Waals surface area (Å²) in [6, 6.07) is 20.3. The lowest BCUT2D eigenvalue weighted by molar-refractivity contribution is -0.0433. The molecule has 5 nitrogen and oxygen atoms in total. The van der Waals surface area contributed by atoms with E-state index in [1.807, 2.05) is 36.4 Å². The summed E-state index contributed by atoms with van der Waals surface area (Å²) in [4.78, 5) is 4.13. The number of aliphatic hydroxyl groups is 2. The molecule has 2 aromatic carbocycles. The van der Waals surface area contributed by atoms with Gasteiger partial charge in [-0.25, -0.2) is 0 Å². The molecule has 0 spiro atoms. The Morgan fingerprint density at radius 2 is 1.04 bits per heavy atom. The minimum absolute atomic E-state index is 0.0978. The van der Waals surface area contributed by atoms with Gasteiger partial charge in [-0.05, 0) is 11.1 Å². The first-order chi connectivity index (χ1) is 12.3. The van der Waals surface area contributed by atoms with Crippen molar-refractivity contribution >= 4 is 0 Å². The minimum Gasteiger partial charge on any atom is -0.395 e. The standard InChI is InChI=1S/C20H28N2O3/c23-13-11-21(15-19-7-3-1-4-8-19)17-25-18-22(12-14-24)16-20-9-5-2-6-10-20/h1-10,23-24H,11-18H2. The predicted molar refractivity (Wildman–Crippen MR) is 98.7 cm³/mol. The Morgan fingerprint density at radius 3 is 1.40 bits per heavy atom. The lowest BCUT2D eigenvalue weighted by Gasteiger charge is -2.25. The van der Waals surface area contributed by atoms with Gasteiger partial charge in [0.15, 0.2) is 0 Å². The van der Waals surface area contributed by atoms with Crippen LogP contribution in [0.1, 0.15) is 11.1 Å². The molecule has 0 aliphatic carbocycles. The summed E-state index contributed by atoms with van der Waals surface area (Å²) in [7, 11) is 0. The van der Waals surface area contributed by atoms with Crippen LogP contribution in [0.5, 0.6) is 0 Å². The van der Waals surface area contributed by atoms with E-state index in [1.165, 1.54) is 11.1 Å². The maximum Gasteiger partial charge on any atom is 0.101 e. The molecule has 0 bridgehead atoms. The van der Waals surface area contributed by atoms with E-state index in [9.17, 15) is 10.2 Å². The van der Waals surface area contributed by atoms with Crippen molar-refractivity contribution in [3.05, 3.63) is 71.8 Å². The van der Waals surface area contributed by atoms with E-state index in [2.05, 4.69) is 34.1 Å². The fourth-order valence-electron chi connectivity index (χ4n) is 2.64. The second-order valence-electron chi connectivity index (χ2n) is 5.99. The molecule has 2 N–H and O–H groups in total. The molecular formula is C20H28N2O3. The summed E-state index contributed by atoms with van der Waals surface area (Å²) in [5.74, 6) is 0. The molecule has 2 aromatic rings. The molecule has 0 fully saturated rings. The zero-order valence-electron chi connectivity index (χ0n) is 14.6. The van der Waals surface area contributed by atoms with Crippen molar-refractivity contribution in [2.75, 3.05) is 39.8 Å². The molecule has 0 aliphatic heterocycles. The molecule has 0 aliphatic rings. The Hall–Kier alpha value is -1.76. The lowest BCUT2D eigenvalue weighted by Crippen LogP contribution is -2.34. The van der Waals surface area contributed by atoms with Crippen molar-refractivity contribution in [2.45, 2.75) is 13.1 Å². The highest BCUT2D eigenvalue weighted by molar-refractivity contribution is 5.15. The fourth-order valence-corrected chi connectivity index (χ4v) is 2.64. The van der Waals surface area contributed by atoms with Crippen LogP contribution in [0.25, 0.3) is 0 Å². The molecule has 0 unspecified atom stereocenters. The van der Waals surface area contributed by atoms with Gasteiger partial charge in [-0.1, -0.05) is 60.7 Å². The van der Waals surface area contributed by atoms with Crippen molar-refractivity contribution in [1.29, 1.82) is 0 Å². The third-order valence-electron chi connectivity index (χ3n) is 3.88. The van der Waals surface area contributed by atoms with Gasteiger partial charge in [0.25, 0.3) is 0 Å². The summed E-state index contributed by atoms with van der Waals surface area (Å²) >= 11 is 0. The molecule has 2 rings (SSSR count). The number of aliphatic hydroxyl groups excluding tert-OH is 2. The molecule has 0 atom stereocenters. The molecular weight excluding hydrogens is 316 g/mol. The average molecular weight is 344 g/mol. The third kappa shape index (κ3) is 7.77. The monoisotopic (exact) mass is 344 g/mol. The zero-order valence-corrected chi connectivity index (χ0v) is 14.6. The van der Waals surface area contributed by atoms with Crippen LogP contribution in [0.3, 0.4) is 0 Å². The van der Waals surface area contributed by atoms with Gasteiger partial charge in [0, 0.05) is 26.2 Å². The summed E-state index contributed by atoms with van der Waals surface area (Å²) < 4.78 is 5.84. The Kier molecular flexibility index (Phi) is 9.18. The Morgan fingerprint density at radius 1 is 0.640 bits per heavy atom. The molecule has 5 heteroatoms. The lowest BCUT2D eigenvalue weighted by atomic mass is 10.2. The highest BCUT2D eigenvalue weighted by Gasteiger charge is 2.09. The first kappa shape index (κ1) is 19.6. The smallest absolute Gasteiger partial charge is 0.101 e. The summed E-state index contributed by atoms with van der Waals surface area (Å²) in [6.07, 6.45) is 0. The number of ether oxygens (including phenoxy) is 1. The van der Waals surface area contributed by atoms with E-state index in [-0.39, 0.29) is 13.2 Å². The predicted octanol–water partition coefficient (Wildman–Crippen LogP) is 1.91. The van der Waals surface area contributed by atoms with Crippen LogP contribution in [0.4, 0.5) is 0 Å². The van der Waals surface area contributed by atoms with E-state index < -0.39 is 0 Å². The van der Waals surface area contributed by atoms with Crippen LogP contribution < -0.4 is 0 Å². The number of rotatable bonds is 12. The summed E-state index contributed by atoms with van der Waals surface area (Å²) in [5, 5.41) is 18.5. The highest BCUT2D eigenvalue weighted by atomic mass is 16.5. The van der Waals surface area contributed by atoms with Crippen LogP contribution in [0, 0.1) is 0 Å². The van der Waals surface area contributed by atoms with E-state index in [1.54, 1.807) is 0 Å². The van der Waals surface area contributed by atoms with Gasteiger partial charge < -0.3 is 14.9 Å². The van der Waals surface area contributed by atoms with Crippen LogP contribution in [-0.2, 0) is 17.8 Å². The largest absolute Gasteiger partial charge is 0.395 e. The van der Waals surface area contributed by atoms with Gasteiger partial charge in [-0.2, -0.15) is 0 Å². The minimum atomic E-state index is 0.0978. The normalized spacial score (nSPS) is 11.4. The van der Waals surface area contributed by atoms with Gasteiger partial charge in [-0.15, -0.1) is 0 Å². The third-order valence-corrected chi connectivity index (χ3v) is 3.88. The van der Waals surface area contributed by atoms with Crippen LogP contribution in [0.15, 0.2) is 60.7 Å². The quantitative estimate of drug-likeness (QED) is 0.576. The van der Waals surface area contributed by atoms with E-state index >= 15 is 0 Å². The van der Waals surface area contributed by atoms with Crippen LogP contribution in [0.2, 0.25) is 0 Å². The number of hydrogen-bond acceptors (Lipinski definition) is 5. The second kappa shape index (κ2) is 11.7. The van der Waals surface area contributed by atoms with Crippen molar-refractivity contribution in [2.24, 2.45) is 0 Å². The van der Waals surface area contributed by atoms with Crippen molar-refractivity contribution < 1.29 is 14.9 Å². The topological polar surface area (TPSA) is 56.2 Å². The van der Waals surface area contributed by atoms with Gasteiger partial charge >= 0.3 is 0 Å². The van der Waals surface area contributed by atoms with Crippen molar-refractivity contribution in [3.63, 3.8) is 0 Å². The molecule has 0 saturated heterocycles. The van der Waals surface area contributed by atoms with Gasteiger partial charge in [-0.3, -0.25) is 9.80 Å². The number of nitrogens with zero attached hydrogens (tertiary/aromatic N) is 2. The molecule has 0 radical (unpaired) electrons. The molecule has 136 valence electrons. The van der Waals surface area contributed by atoms with Crippen LogP contribution >= 0.6 is 0 Å². The van der Waals surface area contributed by atoms with Gasteiger partial charge in [0.1, 0.15) is 13.5 Å². The van der Waals surface area contributed by atoms with Gasteiger partial charge in [0.05, 0.1) is 13.2 Å². The fraction of sp³-hybridized carbons (Fsp3) is 0.400. The van der Waals surface area contributed by atoms with Gasteiger partial charge in [0.2, 0.25) is 0 Å². The van der Waals surface area contributed by atoms with Crippen molar-refractivity contribution in [3.8, 4) is 0 Å². The molecule has 0 amide bonds. The molecule has 0 aromatic heterocycles. The SMILES string of the molecule is OCCN(COCN(CCO)Cc1ccccc1)Cc1ccccc1. The molecule has 25 heavy (non-hydrogen) atoms. The Balaban J connectivity index is 1.81. The average Bonchev–Trinajstić information content (AvgIpc) is 2.64.